The summed E-state index contributed by atoms with van der Waals surface area (Å²) in [6.45, 7) is 14.0. The van der Waals surface area contributed by atoms with E-state index >= 15 is 0 Å². The molecule has 0 aliphatic carbocycles. The Balaban J connectivity index is 1.27. The van der Waals surface area contributed by atoms with Crippen LogP contribution in [0.1, 0.15) is 55.2 Å². The third-order valence-corrected chi connectivity index (χ3v) is 14.1. The number of nitrogens with one attached hydrogen (secondary N) is 4. The highest BCUT2D eigenvalue weighted by Gasteiger charge is 2.39. The van der Waals surface area contributed by atoms with Crippen molar-refractivity contribution in [2.45, 2.75) is 64.1 Å². The minimum atomic E-state index is -2.15. The zero-order valence-corrected chi connectivity index (χ0v) is 30.8. The predicted molar refractivity (Wildman–Crippen MR) is 206 cm³/mol. The molecule has 5 rings (SSSR count). The second-order valence-corrected chi connectivity index (χ2v) is 18.9. The Morgan fingerprint density at radius 1 is 0.796 bits per heavy atom. The largest absolute Gasteiger partial charge is 0.487 e. The van der Waals surface area contributed by atoms with E-state index in [4.69, 9.17) is 9.16 Å². The van der Waals surface area contributed by atoms with Gasteiger partial charge in [0.15, 0.2) is 8.32 Å². The SMILES string of the molecule is CNC(CNc1ccc(CCNC[C@H](O[Si](C)(C)C(C)(C)C)c2ccc(OCc3ccccc3)c3[nH]c(=O)ccc23)cc1)c1ccccc1. The number of rotatable bonds is 16. The standard InChI is InChI=1S/C41H52N4O3Si/c1-41(2,3)49(5,6)48-38(34-21-23-37(40-35(34)22-24-39(46)45-40)47-29-31-13-9-7-10-14-31)28-43-26-25-30-17-19-33(20-18-30)44-27-36(42-4)32-15-11-8-12-16-32/h7-24,36,38,42-44H,25-29H2,1-6H3,(H,45,46)/t36?,38-/m0/s1. The van der Waals surface area contributed by atoms with Crippen LogP contribution >= 0.6 is 0 Å². The van der Waals surface area contributed by atoms with Gasteiger partial charge < -0.3 is 30.1 Å². The monoisotopic (exact) mass is 676 g/mol. The average Bonchev–Trinajstić information content (AvgIpc) is 3.09. The van der Waals surface area contributed by atoms with Gasteiger partial charge in [0.2, 0.25) is 5.56 Å². The summed E-state index contributed by atoms with van der Waals surface area (Å²) >= 11 is 0. The molecule has 0 aliphatic heterocycles. The number of ether oxygens (including phenoxy) is 1. The van der Waals surface area contributed by atoms with Crippen LogP contribution in [0.3, 0.4) is 0 Å². The van der Waals surface area contributed by atoms with Crippen molar-refractivity contribution in [2.75, 3.05) is 32.0 Å². The number of anilines is 1. The van der Waals surface area contributed by atoms with E-state index in [2.05, 4.69) is 109 Å². The van der Waals surface area contributed by atoms with E-state index in [0.29, 0.717) is 24.4 Å². The van der Waals surface area contributed by atoms with Crippen LogP contribution in [0.4, 0.5) is 5.69 Å². The quantitative estimate of drug-likeness (QED) is 0.0621. The van der Waals surface area contributed by atoms with Crippen molar-refractivity contribution in [1.29, 1.82) is 0 Å². The van der Waals surface area contributed by atoms with Gasteiger partial charge in [-0.25, -0.2) is 0 Å². The van der Waals surface area contributed by atoms with Gasteiger partial charge in [-0.05, 0) is 84.7 Å². The number of fused-ring (bicyclic) bond motifs is 1. The number of hydrogen-bond donors (Lipinski definition) is 4. The van der Waals surface area contributed by atoms with Gasteiger partial charge in [-0.15, -0.1) is 0 Å². The van der Waals surface area contributed by atoms with Gasteiger partial charge in [-0.3, -0.25) is 4.79 Å². The maximum atomic E-state index is 12.5. The van der Waals surface area contributed by atoms with Gasteiger partial charge in [0.25, 0.3) is 0 Å². The van der Waals surface area contributed by atoms with Gasteiger partial charge >= 0.3 is 0 Å². The molecular formula is C41H52N4O3Si. The molecule has 0 amide bonds. The van der Waals surface area contributed by atoms with Crippen molar-refractivity contribution in [3.05, 3.63) is 142 Å². The fourth-order valence-corrected chi connectivity index (χ4v) is 6.95. The van der Waals surface area contributed by atoms with Crippen LogP contribution in [0.15, 0.2) is 114 Å². The van der Waals surface area contributed by atoms with E-state index in [1.807, 2.05) is 55.6 Å². The number of H-pyrrole nitrogens is 1. The van der Waals surface area contributed by atoms with Crippen LogP contribution in [-0.4, -0.2) is 40.0 Å². The Bertz CT molecular complexity index is 1820. The Morgan fingerprint density at radius 2 is 1.49 bits per heavy atom. The van der Waals surface area contributed by atoms with Crippen molar-refractivity contribution in [1.82, 2.24) is 15.6 Å². The van der Waals surface area contributed by atoms with Crippen LogP contribution in [0, 0.1) is 0 Å². The van der Waals surface area contributed by atoms with E-state index in [9.17, 15) is 4.79 Å². The minimum Gasteiger partial charge on any atom is -0.487 e. The van der Waals surface area contributed by atoms with Gasteiger partial charge in [-0.2, -0.15) is 0 Å². The highest BCUT2D eigenvalue weighted by Crippen LogP contribution is 2.41. The molecule has 7 nitrogen and oxygen atoms in total. The second-order valence-electron chi connectivity index (χ2n) is 14.2. The highest BCUT2D eigenvalue weighted by atomic mass is 28.4. The number of likely N-dealkylation sites (N-methyl/N-ethyl adjacent to an activating group) is 1. The molecule has 1 heterocycles. The summed E-state index contributed by atoms with van der Waals surface area (Å²) in [4.78, 5) is 15.6. The van der Waals surface area contributed by atoms with Gasteiger partial charge in [0.05, 0.1) is 11.6 Å². The number of aromatic amines is 1. The fraction of sp³-hybridized carbons (Fsp3) is 0.341. The molecule has 0 saturated heterocycles. The molecule has 4 N–H and O–H groups in total. The summed E-state index contributed by atoms with van der Waals surface area (Å²) in [5.74, 6) is 0.652. The number of hydrogen-bond acceptors (Lipinski definition) is 6. The summed E-state index contributed by atoms with van der Waals surface area (Å²) in [5.41, 5.74) is 6.30. The average molecular weight is 677 g/mol. The van der Waals surface area contributed by atoms with Gasteiger partial charge in [-0.1, -0.05) is 99.6 Å². The molecular weight excluding hydrogens is 625 g/mol. The summed E-state index contributed by atoms with van der Waals surface area (Å²) in [5, 5.41) is 11.6. The first-order valence-electron chi connectivity index (χ1n) is 17.3. The maximum Gasteiger partial charge on any atom is 0.248 e. The van der Waals surface area contributed by atoms with Crippen molar-refractivity contribution < 1.29 is 9.16 Å². The third kappa shape index (κ3) is 9.70. The molecule has 0 aliphatic rings. The van der Waals surface area contributed by atoms with E-state index in [1.165, 1.54) is 11.1 Å². The lowest BCUT2D eigenvalue weighted by Gasteiger charge is -2.39. The Kier molecular flexibility index (Phi) is 12.1. The number of aromatic nitrogens is 1. The summed E-state index contributed by atoms with van der Waals surface area (Å²) < 4.78 is 13.3. The maximum absolute atomic E-state index is 12.5. The zero-order chi connectivity index (χ0) is 34.9. The van der Waals surface area contributed by atoms with Crippen molar-refractivity contribution in [3.8, 4) is 5.75 Å². The van der Waals surface area contributed by atoms with Crippen molar-refractivity contribution in [2.24, 2.45) is 0 Å². The molecule has 0 saturated carbocycles. The molecule has 1 unspecified atom stereocenters. The summed E-state index contributed by atoms with van der Waals surface area (Å²) in [6, 6.07) is 37.1. The summed E-state index contributed by atoms with van der Waals surface area (Å²) in [7, 11) is -0.150. The molecule has 2 atom stereocenters. The van der Waals surface area contributed by atoms with Crippen molar-refractivity contribution >= 4 is 24.9 Å². The molecule has 49 heavy (non-hydrogen) atoms. The third-order valence-electron chi connectivity index (χ3n) is 9.65. The molecule has 1 aromatic heterocycles. The number of pyridine rings is 1. The van der Waals surface area contributed by atoms with Crippen LogP contribution in [0.5, 0.6) is 5.75 Å². The zero-order valence-electron chi connectivity index (χ0n) is 29.8. The first-order chi connectivity index (χ1) is 23.5. The molecule has 0 bridgehead atoms. The van der Waals surface area contributed by atoms with Crippen LogP contribution in [0.2, 0.25) is 18.1 Å². The molecule has 5 aromatic rings. The van der Waals surface area contributed by atoms with Crippen LogP contribution in [-0.2, 0) is 17.5 Å². The van der Waals surface area contributed by atoms with Crippen LogP contribution in [0.25, 0.3) is 10.9 Å². The molecule has 0 radical (unpaired) electrons. The lowest BCUT2D eigenvalue weighted by molar-refractivity contribution is 0.182. The fourth-order valence-electron chi connectivity index (χ4n) is 5.68. The molecule has 0 fully saturated rings. The van der Waals surface area contributed by atoms with Gasteiger partial charge in [0, 0.05) is 36.3 Å². The first-order valence-corrected chi connectivity index (χ1v) is 20.2. The predicted octanol–water partition coefficient (Wildman–Crippen LogP) is 8.37. The lowest BCUT2D eigenvalue weighted by Crippen LogP contribution is -2.43. The smallest absolute Gasteiger partial charge is 0.248 e. The Hall–Kier alpha value is -4.21. The summed E-state index contributed by atoms with van der Waals surface area (Å²) in [6.07, 6.45) is 0.699. The normalized spacial score (nSPS) is 13.3. The molecule has 0 spiro atoms. The Labute approximate surface area is 292 Å². The second kappa shape index (κ2) is 16.5. The molecule has 8 heteroatoms. The molecule has 258 valence electrons. The van der Waals surface area contributed by atoms with Gasteiger partial charge in [0.1, 0.15) is 12.4 Å². The van der Waals surface area contributed by atoms with E-state index in [0.717, 1.165) is 41.7 Å². The minimum absolute atomic E-state index is 0.0399. The first kappa shape index (κ1) is 36.1. The lowest BCUT2D eigenvalue weighted by atomic mass is 10.0. The van der Waals surface area contributed by atoms with E-state index < -0.39 is 8.32 Å². The van der Waals surface area contributed by atoms with Crippen LogP contribution < -0.4 is 26.2 Å². The molecule has 4 aromatic carbocycles. The highest BCUT2D eigenvalue weighted by molar-refractivity contribution is 6.74. The Morgan fingerprint density at radius 3 is 2.16 bits per heavy atom. The van der Waals surface area contributed by atoms with E-state index in [1.54, 1.807) is 6.07 Å². The van der Waals surface area contributed by atoms with Crippen molar-refractivity contribution in [3.63, 3.8) is 0 Å². The number of benzene rings is 4. The van der Waals surface area contributed by atoms with E-state index in [-0.39, 0.29) is 22.7 Å². The topological polar surface area (TPSA) is 87.4 Å².